The highest BCUT2D eigenvalue weighted by Crippen LogP contribution is 2.65. The summed E-state index contributed by atoms with van der Waals surface area (Å²) in [5, 5.41) is 20.4. The Morgan fingerprint density at radius 2 is 2.18 bits per heavy atom. The molecule has 92 valence electrons. The van der Waals surface area contributed by atoms with Gasteiger partial charge in [0.1, 0.15) is 5.75 Å². The Kier molecular flexibility index (Phi) is 2.58. The van der Waals surface area contributed by atoms with Gasteiger partial charge in [-0.15, -0.1) is 0 Å². The smallest absolute Gasteiger partial charge is 0.273 e. The normalized spacial score (nSPS) is 25.6. The van der Waals surface area contributed by atoms with Crippen LogP contribution in [-0.2, 0) is 0 Å². The summed E-state index contributed by atoms with van der Waals surface area (Å²) in [4.78, 5) is 10.6. The third-order valence-corrected chi connectivity index (χ3v) is 3.85. The minimum absolute atomic E-state index is 0.0344. The lowest BCUT2D eigenvalue weighted by atomic mass is 10.0. The Hall–Kier alpha value is -1.62. The van der Waals surface area contributed by atoms with E-state index in [9.17, 15) is 15.2 Å². The Morgan fingerprint density at radius 1 is 1.53 bits per heavy atom. The third kappa shape index (κ3) is 1.76. The van der Waals surface area contributed by atoms with Crippen molar-refractivity contribution in [3.8, 4) is 5.75 Å². The van der Waals surface area contributed by atoms with Gasteiger partial charge in [-0.3, -0.25) is 10.1 Å². The molecule has 1 fully saturated rings. The van der Waals surface area contributed by atoms with Gasteiger partial charge in [-0.25, -0.2) is 0 Å². The molecule has 0 heterocycles. The fourth-order valence-electron chi connectivity index (χ4n) is 2.76. The molecule has 0 saturated heterocycles. The van der Waals surface area contributed by atoms with E-state index in [-0.39, 0.29) is 28.7 Å². The second kappa shape index (κ2) is 3.70. The van der Waals surface area contributed by atoms with Crippen molar-refractivity contribution in [3.05, 3.63) is 33.9 Å². The maximum Gasteiger partial charge on any atom is 0.273 e. The van der Waals surface area contributed by atoms with Gasteiger partial charge < -0.3 is 10.8 Å². The summed E-state index contributed by atoms with van der Waals surface area (Å²) in [5.41, 5.74) is 6.29. The summed E-state index contributed by atoms with van der Waals surface area (Å²) in [5.74, 6) is 0.354. The molecule has 2 atom stereocenters. The van der Waals surface area contributed by atoms with E-state index in [0.717, 1.165) is 0 Å². The zero-order chi connectivity index (χ0) is 12.8. The van der Waals surface area contributed by atoms with Crippen molar-refractivity contribution in [3.63, 3.8) is 0 Å². The lowest BCUT2D eigenvalue weighted by Gasteiger charge is -2.05. The van der Waals surface area contributed by atoms with Crippen molar-refractivity contribution in [2.75, 3.05) is 6.54 Å². The van der Waals surface area contributed by atoms with Crippen LogP contribution < -0.4 is 5.73 Å². The van der Waals surface area contributed by atoms with Crippen molar-refractivity contribution in [1.82, 2.24) is 0 Å². The van der Waals surface area contributed by atoms with E-state index in [2.05, 4.69) is 0 Å². The molecule has 1 aliphatic rings. The average Bonchev–Trinajstić information content (AvgIpc) is 2.79. The molecule has 1 aliphatic carbocycles. The molecule has 1 aromatic rings. The third-order valence-electron chi connectivity index (χ3n) is 3.85. The van der Waals surface area contributed by atoms with E-state index >= 15 is 0 Å². The number of hydrogen-bond donors (Lipinski definition) is 2. The summed E-state index contributed by atoms with van der Waals surface area (Å²) in [6.07, 6.45) is 0. The number of benzene rings is 1. The fourth-order valence-corrected chi connectivity index (χ4v) is 2.76. The zero-order valence-corrected chi connectivity index (χ0v) is 9.88. The molecule has 1 aromatic carbocycles. The van der Waals surface area contributed by atoms with Crippen LogP contribution in [0, 0.1) is 21.4 Å². The minimum Gasteiger partial charge on any atom is -0.508 e. The number of nitrogens with two attached hydrogens (primary N) is 1. The van der Waals surface area contributed by atoms with Crippen molar-refractivity contribution in [1.29, 1.82) is 0 Å². The molecule has 5 nitrogen and oxygen atoms in total. The van der Waals surface area contributed by atoms with Gasteiger partial charge in [-0.2, -0.15) is 0 Å². The number of rotatable bonds is 3. The Bertz CT molecular complexity index is 471. The van der Waals surface area contributed by atoms with E-state index in [0.29, 0.717) is 12.1 Å². The number of nitro groups is 1. The quantitative estimate of drug-likeness (QED) is 0.620. The average molecular weight is 236 g/mol. The molecular weight excluding hydrogens is 220 g/mol. The van der Waals surface area contributed by atoms with Gasteiger partial charge in [-0.05, 0) is 30.0 Å². The standard InChI is InChI=1S/C12H16N2O3/c1-12(2)9(6-13)11(12)8-5-7(15)3-4-10(8)14(16)17/h3-5,9,11,15H,6,13H2,1-2H3. The molecule has 2 rings (SSSR count). The van der Waals surface area contributed by atoms with Crippen molar-refractivity contribution < 1.29 is 10.0 Å². The van der Waals surface area contributed by atoms with Crippen LogP contribution in [-0.4, -0.2) is 16.6 Å². The first-order chi connectivity index (χ1) is 7.89. The SMILES string of the molecule is CC1(C)C(CN)C1c1cc(O)ccc1[N+](=O)[O-]. The summed E-state index contributed by atoms with van der Waals surface area (Å²) < 4.78 is 0. The minimum atomic E-state index is -0.406. The number of hydrogen-bond acceptors (Lipinski definition) is 4. The molecule has 0 radical (unpaired) electrons. The number of nitrogens with zero attached hydrogens (tertiary/aromatic N) is 1. The van der Waals surface area contributed by atoms with Crippen LogP contribution in [0.2, 0.25) is 0 Å². The van der Waals surface area contributed by atoms with Gasteiger partial charge in [0.15, 0.2) is 0 Å². The summed E-state index contributed by atoms with van der Waals surface area (Å²) in [6.45, 7) is 4.59. The highest BCUT2D eigenvalue weighted by atomic mass is 16.6. The van der Waals surface area contributed by atoms with Crippen molar-refractivity contribution >= 4 is 5.69 Å². The maximum absolute atomic E-state index is 11.0. The molecule has 0 aliphatic heterocycles. The van der Waals surface area contributed by atoms with E-state index in [1.807, 2.05) is 13.8 Å². The number of phenols is 1. The van der Waals surface area contributed by atoms with Gasteiger partial charge in [0.2, 0.25) is 0 Å². The molecule has 1 saturated carbocycles. The summed E-state index contributed by atoms with van der Waals surface area (Å²) >= 11 is 0. The van der Waals surface area contributed by atoms with Crippen LogP contribution in [0.25, 0.3) is 0 Å². The number of phenolic OH excluding ortho intramolecular Hbond substituents is 1. The van der Waals surface area contributed by atoms with Gasteiger partial charge in [0, 0.05) is 17.5 Å². The van der Waals surface area contributed by atoms with E-state index in [4.69, 9.17) is 5.73 Å². The first kappa shape index (κ1) is 11.9. The van der Waals surface area contributed by atoms with E-state index in [1.165, 1.54) is 18.2 Å². The molecule has 0 spiro atoms. The van der Waals surface area contributed by atoms with Gasteiger partial charge >= 0.3 is 0 Å². The molecule has 0 bridgehead atoms. The highest BCUT2D eigenvalue weighted by Gasteiger charge is 2.59. The van der Waals surface area contributed by atoms with Crippen molar-refractivity contribution in [2.45, 2.75) is 19.8 Å². The predicted octanol–water partition coefficient (Wildman–Crippen LogP) is 2.00. The molecule has 5 heteroatoms. The van der Waals surface area contributed by atoms with Gasteiger partial charge in [-0.1, -0.05) is 13.8 Å². The van der Waals surface area contributed by atoms with Crippen LogP contribution in [0.4, 0.5) is 5.69 Å². The molecule has 17 heavy (non-hydrogen) atoms. The summed E-state index contributed by atoms with van der Waals surface area (Å²) in [6, 6.07) is 4.18. The largest absolute Gasteiger partial charge is 0.508 e. The Morgan fingerprint density at radius 3 is 2.65 bits per heavy atom. The van der Waals surface area contributed by atoms with Crippen LogP contribution >= 0.6 is 0 Å². The number of nitro benzene ring substituents is 1. The lowest BCUT2D eigenvalue weighted by molar-refractivity contribution is -0.385. The molecule has 2 unspecified atom stereocenters. The molecular formula is C12H16N2O3. The van der Waals surface area contributed by atoms with Crippen LogP contribution in [0.3, 0.4) is 0 Å². The van der Waals surface area contributed by atoms with Crippen LogP contribution in [0.15, 0.2) is 18.2 Å². The molecule has 3 N–H and O–H groups in total. The molecule has 0 amide bonds. The topological polar surface area (TPSA) is 89.4 Å². The first-order valence-electron chi connectivity index (χ1n) is 5.57. The maximum atomic E-state index is 11.0. The zero-order valence-electron chi connectivity index (χ0n) is 9.88. The second-order valence-corrected chi connectivity index (χ2v) is 5.14. The Labute approximate surface area is 99.4 Å². The lowest BCUT2D eigenvalue weighted by Crippen LogP contribution is -2.05. The predicted molar refractivity (Wildman–Crippen MR) is 63.8 cm³/mol. The number of aromatic hydroxyl groups is 1. The highest BCUT2D eigenvalue weighted by molar-refractivity contribution is 5.51. The van der Waals surface area contributed by atoms with Gasteiger partial charge in [0.25, 0.3) is 5.69 Å². The van der Waals surface area contributed by atoms with Crippen molar-refractivity contribution in [2.24, 2.45) is 17.1 Å². The van der Waals surface area contributed by atoms with Crippen LogP contribution in [0.5, 0.6) is 5.75 Å². The summed E-state index contributed by atoms with van der Waals surface area (Å²) in [7, 11) is 0. The van der Waals surface area contributed by atoms with Crippen LogP contribution in [0.1, 0.15) is 25.3 Å². The Balaban J connectivity index is 2.46. The molecule has 0 aromatic heterocycles. The van der Waals surface area contributed by atoms with Gasteiger partial charge in [0.05, 0.1) is 4.92 Å². The fraction of sp³-hybridized carbons (Fsp3) is 0.500. The monoisotopic (exact) mass is 236 g/mol. The van der Waals surface area contributed by atoms with E-state index in [1.54, 1.807) is 0 Å². The van der Waals surface area contributed by atoms with E-state index < -0.39 is 4.92 Å². The second-order valence-electron chi connectivity index (χ2n) is 5.14. The first-order valence-corrected chi connectivity index (χ1v) is 5.57.